The van der Waals surface area contributed by atoms with Gasteiger partial charge in [-0.15, -0.1) is 11.8 Å². The summed E-state index contributed by atoms with van der Waals surface area (Å²) in [6.45, 7) is 1.88. The Labute approximate surface area is 125 Å². The Morgan fingerprint density at radius 1 is 1.35 bits per heavy atom. The molecule has 1 atom stereocenters. The van der Waals surface area contributed by atoms with Gasteiger partial charge in [0.2, 0.25) is 10.0 Å². The van der Waals surface area contributed by atoms with Gasteiger partial charge in [0.1, 0.15) is 0 Å². The monoisotopic (exact) mass is 318 g/mol. The lowest BCUT2D eigenvalue weighted by atomic mass is 10.2. The van der Waals surface area contributed by atoms with Crippen molar-refractivity contribution in [1.82, 2.24) is 4.72 Å². The second kappa shape index (κ2) is 8.51. The van der Waals surface area contributed by atoms with Gasteiger partial charge in [0.25, 0.3) is 0 Å². The van der Waals surface area contributed by atoms with Crippen LogP contribution in [0.25, 0.3) is 0 Å². The van der Waals surface area contributed by atoms with Crippen LogP contribution in [0.1, 0.15) is 19.8 Å². The van der Waals surface area contributed by atoms with Gasteiger partial charge in [-0.3, -0.25) is 0 Å². The van der Waals surface area contributed by atoms with Gasteiger partial charge in [0, 0.05) is 29.0 Å². The second-order valence-electron chi connectivity index (χ2n) is 4.47. The van der Waals surface area contributed by atoms with E-state index >= 15 is 0 Å². The summed E-state index contributed by atoms with van der Waals surface area (Å²) in [6.07, 6.45) is 1.12. The molecule has 4 N–H and O–H groups in total. The average molecular weight is 318 g/mol. The molecule has 1 unspecified atom stereocenters. The fraction of sp³-hybridized carbons (Fsp3) is 0.538. The van der Waals surface area contributed by atoms with Crippen molar-refractivity contribution in [3.05, 3.63) is 24.3 Å². The number of nitrogens with two attached hydrogens (primary N) is 1. The van der Waals surface area contributed by atoms with Crippen molar-refractivity contribution in [3.63, 3.8) is 0 Å². The predicted molar refractivity (Wildman–Crippen MR) is 84.3 cm³/mol. The number of nitrogen functional groups attached to an aromatic ring is 1. The van der Waals surface area contributed by atoms with Crippen molar-refractivity contribution in [2.24, 2.45) is 0 Å². The molecule has 0 aliphatic rings. The number of sulfonamides is 1. The number of anilines is 1. The number of hydrogen-bond donors (Lipinski definition) is 3. The summed E-state index contributed by atoms with van der Waals surface area (Å²) in [5.41, 5.74) is 6.28. The van der Waals surface area contributed by atoms with Crippen LogP contribution in [0, 0.1) is 0 Å². The lowest BCUT2D eigenvalue weighted by Crippen LogP contribution is -2.37. The quantitative estimate of drug-likeness (QED) is 0.473. The summed E-state index contributed by atoms with van der Waals surface area (Å²) in [5.74, 6) is 0.540. The van der Waals surface area contributed by atoms with Crippen molar-refractivity contribution in [2.45, 2.75) is 30.7 Å². The molecule has 20 heavy (non-hydrogen) atoms. The lowest BCUT2D eigenvalue weighted by molar-refractivity contribution is 0.270. The zero-order chi connectivity index (χ0) is 15.0. The Hall–Kier alpha value is -0.760. The fourth-order valence-electron chi connectivity index (χ4n) is 1.65. The Morgan fingerprint density at radius 3 is 2.55 bits per heavy atom. The number of aliphatic hydroxyl groups excluding tert-OH is 1. The van der Waals surface area contributed by atoms with Gasteiger partial charge in [-0.25, -0.2) is 13.1 Å². The van der Waals surface area contributed by atoms with Gasteiger partial charge in [-0.2, -0.15) is 0 Å². The van der Waals surface area contributed by atoms with E-state index in [1.165, 1.54) is 11.8 Å². The standard InChI is InChI=1S/C13H22N2O3S2/c1-2-12(7-8-16)15-20(17,18)10-9-19-13-5-3-11(14)4-6-13/h3-6,12,15-16H,2,7-10,14H2,1H3. The van der Waals surface area contributed by atoms with Gasteiger partial charge in [-0.05, 0) is 37.1 Å². The summed E-state index contributed by atoms with van der Waals surface area (Å²) in [6, 6.07) is 7.15. The maximum absolute atomic E-state index is 11.9. The molecular weight excluding hydrogens is 296 g/mol. The first-order chi connectivity index (χ1) is 9.46. The highest BCUT2D eigenvalue weighted by Crippen LogP contribution is 2.19. The van der Waals surface area contributed by atoms with Crippen LogP contribution in [0.15, 0.2) is 29.2 Å². The smallest absolute Gasteiger partial charge is 0.212 e. The molecule has 0 spiro atoms. The molecule has 0 saturated carbocycles. The molecular formula is C13H22N2O3S2. The Kier molecular flexibility index (Phi) is 7.36. The molecule has 1 aromatic carbocycles. The highest BCUT2D eigenvalue weighted by molar-refractivity contribution is 8.00. The molecule has 0 bridgehead atoms. The van der Waals surface area contributed by atoms with Gasteiger partial charge >= 0.3 is 0 Å². The van der Waals surface area contributed by atoms with Crippen LogP contribution in [0.5, 0.6) is 0 Å². The minimum atomic E-state index is -3.30. The topological polar surface area (TPSA) is 92.4 Å². The number of aliphatic hydroxyl groups is 1. The number of nitrogens with one attached hydrogen (secondary N) is 1. The normalized spacial score (nSPS) is 13.3. The van der Waals surface area contributed by atoms with Gasteiger partial charge in [0.05, 0.1) is 5.75 Å². The molecule has 0 aliphatic heterocycles. The molecule has 5 nitrogen and oxygen atoms in total. The molecule has 114 valence electrons. The first kappa shape index (κ1) is 17.3. The molecule has 0 aliphatic carbocycles. The summed E-state index contributed by atoms with van der Waals surface area (Å²) < 4.78 is 26.4. The highest BCUT2D eigenvalue weighted by Gasteiger charge is 2.16. The minimum absolute atomic E-state index is 0.0127. The Balaban J connectivity index is 2.41. The van der Waals surface area contributed by atoms with Crippen LogP contribution in [0.4, 0.5) is 5.69 Å². The first-order valence-electron chi connectivity index (χ1n) is 6.56. The summed E-state index contributed by atoms with van der Waals surface area (Å²) >= 11 is 1.48. The van der Waals surface area contributed by atoms with E-state index in [4.69, 9.17) is 10.8 Å². The van der Waals surface area contributed by atoms with E-state index in [-0.39, 0.29) is 18.4 Å². The van der Waals surface area contributed by atoms with Gasteiger partial charge in [0.15, 0.2) is 0 Å². The predicted octanol–water partition coefficient (Wildman–Crippen LogP) is 1.44. The van der Waals surface area contributed by atoms with Crippen molar-refractivity contribution in [2.75, 3.05) is 23.8 Å². The van der Waals surface area contributed by atoms with E-state index in [9.17, 15) is 8.42 Å². The van der Waals surface area contributed by atoms with Crippen molar-refractivity contribution >= 4 is 27.5 Å². The third-order valence-electron chi connectivity index (χ3n) is 2.82. The fourth-order valence-corrected chi connectivity index (χ4v) is 4.33. The average Bonchev–Trinajstić information content (AvgIpc) is 2.40. The van der Waals surface area contributed by atoms with E-state index in [1.54, 1.807) is 12.1 Å². The van der Waals surface area contributed by atoms with Crippen LogP contribution in [0.2, 0.25) is 0 Å². The lowest BCUT2D eigenvalue weighted by Gasteiger charge is -2.15. The molecule has 0 saturated heterocycles. The summed E-state index contributed by atoms with van der Waals surface area (Å²) in [5, 5.41) is 8.86. The largest absolute Gasteiger partial charge is 0.399 e. The van der Waals surface area contributed by atoms with Crippen LogP contribution in [0.3, 0.4) is 0 Å². The summed E-state index contributed by atoms with van der Waals surface area (Å²) in [4.78, 5) is 0.997. The zero-order valence-corrected chi connectivity index (χ0v) is 13.2. The highest BCUT2D eigenvalue weighted by atomic mass is 32.2. The maximum atomic E-state index is 11.9. The SMILES string of the molecule is CCC(CCO)NS(=O)(=O)CCSc1ccc(N)cc1. The Morgan fingerprint density at radius 2 is 2.00 bits per heavy atom. The van der Waals surface area contributed by atoms with E-state index < -0.39 is 10.0 Å². The third-order valence-corrected chi connectivity index (χ3v) is 5.52. The minimum Gasteiger partial charge on any atom is -0.399 e. The number of benzene rings is 1. The van der Waals surface area contributed by atoms with Gasteiger partial charge < -0.3 is 10.8 Å². The van der Waals surface area contributed by atoms with Crippen LogP contribution >= 0.6 is 11.8 Å². The van der Waals surface area contributed by atoms with E-state index in [1.807, 2.05) is 19.1 Å². The summed E-state index contributed by atoms with van der Waals surface area (Å²) in [7, 11) is -3.30. The molecule has 0 fully saturated rings. The number of thioether (sulfide) groups is 1. The number of hydrogen-bond acceptors (Lipinski definition) is 5. The van der Waals surface area contributed by atoms with E-state index in [2.05, 4.69) is 4.72 Å². The molecule has 7 heteroatoms. The molecule has 0 aromatic heterocycles. The van der Waals surface area contributed by atoms with Crippen molar-refractivity contribution in [1.29, 1.82) is 0 Å². The molecule has 1 aromatic rings. The number of rotatable bonds is 9. The van der Waals surface area contributed by atoms with Crippen LogP contribution < -0.4 is 10.5 Å². The van der Waals surface area contributed by atoms with E-state index in [0.29, 0.717) is 24.3 Å². The Bertz CT molecular complexity index is 489. The molecule has 1 rings (SSSR count). The van der Waals surface area contributed by atoms with Crippen LogP contribution in [-0.4, -0.2) is 37.7 Å². The maximum Gasteiger partial charge on any atom is 0.212 e. The molecule has 0 amide bonds. The zero-order valence-electron chi connectivity index (χ0n) is 11.6. The van der Waals surface area contributed by atoms with Gasteiger partial charge in [-0.1, -0.05) is 6.92 Å². The van der Waals surface area contributed by atoms with Crippen molar-refractivity contribution in [3.8, 4) is 0 Å². The third kappa shape index (κ3) is 6.60. The van der Waals surface area contributed by atoms with Crippen LogP contribution in [-0.2, 0) is 10.0 Å². The van der Waals surface area contributed by atoms with E-state index in [0.717, 1.165) is 4.90 Å². The van der Waals surface area contributed by atoms with Crippen molar-refractivity contribution < 1.29 is 13.5 Å². The molecule has 0 heterocycles. The first-order valence-corrected chi connectivity index (χ1v) is 9.20. The molecule has 0 radical (unpaired) electrons. The second-order valence-corrected chi connectivity index (χ2v) is 7.51.